The van der Waals surface area contributed by atoms with Crippen molar-refractivity contribution in [1.82, 2.24) is 0 Å². The van der Waals surface area contributed by atoms with Gasteiger partial charge >= 0.3 is 0 Å². The summed E-state index contributed by atoms with van der Waals surface area (Å²) in [5.74, 6) is 1.12. The van der Waals surface area contributed by atoms with Crippen LogP contribution in [-0.4, -0.2) is 11.4 Å². The first-order chi connectivity index (χ1) is 12.3. The van der Waals surface area contributed by atoms with Crippen LogP contribution in [0.2, 0.25) is 0 Å². The summed E-state index contributed by atoms with van der Waals surface area (Å²) < 4.78 is 0. The SMILES string of the molecule is Cc1cccc(CN=C2Nc3ccccc3NC23CCCCCC3)c1. The summed E-state index contributed by atoms with van der Waals surface area (Å²) in [7, 11) is 0. The average Bonchev–Trinajstić information content (AvgIpc) is 2.86. The molecule has 2 aromatic rings. The van der Waals surface area contributed by atoms with Crippen LogP contribution in [0.4, 0.5) is 11.4 Å². The van der Waals surface area contributed by atoms with Crippen LogP contribution < -0.4 is 10.6 Å². The summed E-state index contributed by atoms with van der Waals surface area (Å²) in [6, 6.07) is 17.1. The van der Waals surface area contributed by atoms with Gasteiger partial charge in [-0.25, -0.2) is 0 Å². The first-order valence-corrected chi connectivity index (χ1v) is 9.50. The summed E-state index contributed by atoms with van der Waals surface area (Å²) >= 11 is 0. The fourth-order valence-electron chi connectivity index (χ4n) is 4.13. The third kappa shape index (κ3) is 3.41. The van der Waals surface area contributed by atoms with Gasteiger partial charge in [0.05, 0.1) is 23.5 Å². The fourth-order valence-corrected chi connectivity index (χ4v) is 4.13. The van der Waals surface area contributed by atoms with Crippen LogP contribution in [0.5, 0.6) is 0 Å². The molecule has 3 nitrogen and oxygen atoms in total. The van der Waals surface area contributed by atoms with Crippen LogP contribution >= 0.6 is 0 Å². The molecular formula is C22H27N3. The van der Waals surface area contributed by atoms with E-state index in [9.17, 15) is 0 Å². The molecule has 1 spiro atoms. The predicted octanol–water partition coefficient (Wildman–Crippen LogP) is 5.52. The van der Waals surface area contributed by atoms with Gasteiger partial charge in [0.15, 0.2) is 0 Å². The van der Waals surface area contributed by atoms with Crippen LogP contribution in [0.1, 0.15) is 49.7 Å². The average molecular weight is 333 g/mol. The molecular weight excluding hydrogens is 306 g/mol. The first kappa shape index (κ1) is 16.2. The van der Waals surface area contributed by atoms with E-state index in [1.165, 1.54) is 42.5 Å². The number of hydrogen-bond donors (Lipinski definition) is 2. The van der Waals surface area contributed by atoms with Gasteiger partial charge in [-0.15, -0.1) is 0 Å². The van der Waals surface area contributed by atoms with Crippen LogP contribution in [0.3, 0.4) is 0 Å². The van der Waals surface area contributed by atoms with E-state index in [-0.39, 0.29) is 5.54 Å². The Morgan fingerprint density at radius 1 is 0.920 bits per heavy atom. The Labute approximate surface area is 150 Å². The summed E-state index contributed by atoms with van der Waals surface area (Å²) in [4.78, 5) is 5.06. The van der Waals surface area contributed by atoms with E-state index in [0.29, 0.717) is 0 Å². The molecule has 0 unspecified atom stereocenters. The van der Waals surface area contributed by atoms with Crippen LogP contribution in [0.25, 0.3) is 0 Å². The normalized spacial score (nSPS) is 20.4. The number of rotatable bonds is 2. The number of amidine groups is 1. The van der Waals surface area contributed by atoms with Gasteiger partial charge in [0.1, 0.15) is 5.84 Å². The third-order valence-electron chi connectivity index (χ3n) is 5.47. The molecule has 0 saturated heterocycles. The Morgan fingerprint density at radius 3 is 2.44 bits per heavy atom. The molecule has 0 bridgehead atoms. The van der Waals surface area contributed by atoms with Gasteiger partial charge < -0.3 is 10.6 Å². The minimum atomic E-state index is -0.0331. The lowest BCUT2D eigenvalue weighted by atomic mass is 9.86. The number of nitrogens with one attached hydrogen (secondary N) is 2. The largest absolute Gasteiger partial charge is 0.371 e. The molecule has 0 aromatic heterocycles. The van der Waals surface area contributed by atoms with Crippen molar-refractivity contribution in [1.29, 1.82) is 0 Å². The van der Waals surface area contributed by atoms with Gasteiger partial charge in [0.2, 0.25) is 0 Å². The second-order valence-electron chi connectivity index (χ2n) is 7.45. The topological polar surface area (TPSA) is 36.4 Å². The predicted molar refractivity (Wildman–Crippen MR) is 106 cm³/mol. The van der Waals surface area contributed by atoms with Crippen molar-refractivity contribution < 1.29 is 0 Å². The van der Waals surface area contributed by atoms with Gasteiger partial charge in [-0.3, -0.25) is 4.99 Å². The second kappa shape index (κ2) is 6.91. The number of para-hydroxylation sites is 2. The van der Waals surface area contributed by atoms with E-state index in [4.69, 9.17) is 4.99 Å². The molecule has 1 fully saturated rings. The standard InChI is InChI=1S/C22H27N3/c1-17-9-8-10-18(15-17)16-23-21-22(13-6-2-3-7-14-22)25-20-12-5-4-11-19(20)24-21/h4-5,8-12,15,25H,2-3,6-7,13-14,16H2,1H3,(H,23,24). The molecule has 1 saturated carbocycles. The molecule has 2 aromatic carbocycles. The molecule has 0 atom stereocenters. The summed E-state index contributed by atoms with van der Waals surface area (Å²) in [5.41, 5.74) is 4.88. The fraction of sp³-hybridized carbons (Fsp3) is 0.409. The number of benzene rings is 2. The first-order valence-electron chi connectivity index (χ1n) is 9.50. The van der Waals surface area contributed by atoms with Crippen molar-refractivity contribution in [2.24, 2.45) is 4.99 Å². The van der Waals surface area contributed by atoms with E-state index in [1.807, 2.05) is 0 Å². The van der Waals surface area contributed by atoms with Gasteiger partial charge in [0.25, 0.3) is 0 Å². The summed E-state index contributed by atoms with van der Waals surface area (Å²) in [5, 5.41) is 7.51. The Bertz CT molecular complexity index is 770. The Morgan fingerprint density at radius 2 is 1.68 bits per heavy atom. The Kier molecular flexibility index (Phi) is 4.48. The molecule has 1 heterocycles. The van der Waals surface area contributed by atoms with Gasteiger partial charge in [-0.05, 0) is 37.5 Å². The maximum Gasteiger partial charge on any atom is 0.127 e. The van der Waals surface area contributed by atoms with Crippen molar-refractivity contribution in [2.75, 3.05) is 10.6 Å². The van der Waals surface area contributed by atoms with Gasteiger partial charge in [-0.2, -0.15) is 0 Å². The van der Waals surface area contributed by atoms with Crippen LogP contribution in [0.15, 0.2) is 53.5 Å². The smallest absolute Gasteiger partial charge is 0.127 e. The van der Waals surface area contributed by atoms with E-state index in [0.717, 1.165) is 30.9 Å². The molecule has 25 heavy (non-hydrogen) atoms. The quantitative estimate of drug-likeness (QED) is 0.758. The molecule has 3 heteroatoms. The highest BCUT2D eigenvalue weighted by Crippen LogP contribution is 2.38. The van der Waals surface area contributed by atoms with E-state index in [1.54, 1.807) is 0 Å². The van der Waals surface area contributed by atoms with E-state index < -0.39 is 0 Å². The summed E-state index contributed by atoms with van der Waals surface area (Å²) in [6.07, 6.45) is 7.50. The highest BCUT2D eigenvalue weighted by Gasteiger charge is 2.39. The maximum absolute atomic E-state index is 5.06. The minimum absolute atomic E-state index is 0.0331. The van der Waals surface area contributed by atoms with Crippen molar-refractivity contribution >= 4 is 17.2 Å². The Hall–Kier alpha value is -2.29. The van der Waals surface area contributed by atoms with Crippen LogP contribution in [0, 0.1) is 6.92 Å². The summed E-state index contributed by atoms with van der Waals surface area (Å²) in [6.45, 7) is 2.87. The van der Waals surface area contributed by atoms with Gasteiger partial charge in [-0.1, -0.05) is 67.6 Å². The minimum Gasteiger partial charge on any atom is -0.371 e. The number of nitrogens with zero attached hydrogens (tertiary/aromatic N) is 1. The van der Waals surface area contributed by atoms with Gasteiger partial charge in [0, 0.05) is 0 Å². The third-order valence-corrected chi connectivity index (χ3v) is 5.47. The highest BCUT2D eigenvalue weighted by atomic mass is 15.2. The molecule has 0 amide bonds. The number of anilines is 2. The second-order valence-corrected chi connectivity index (χ2v) is 7.45. The number of hydrogen-bond acceptors (Lipinski definition) is 2. The molecule has 4 rings (SSSR count). The zero-order valence-electron chi connectivity index (χ0n) is 15.0. The Balaban J connectivity index is 1.67. The zero-order valence-corrected chi connectivity index (χ0v) is 15.0. The lowest BCUT2D eigenvalue weighted by Gasteiger charge is -2.41. The lowest BCUT2D eigenvalue weighted by Crippen LogP contribution is -2.52. The number of aliphatic imine (C=N–C) groups is 1. The van der Waals surface area contributed by atoms with Crippen molar-refractivity contribution in [3.8, 4) is 0 Å². The monoisotopic (exact) mass is 333 g/mol. The lowest BCUT2D eigenvalue weighted by molar-refractivity contribution is 0.524. The van der Waals surface area contributed by atoms with Crippen LogP contribution in [-0.2, 0) is 6.54 Å². The van der Waals surface area contributed by atoms with E-state index in [2.05, 4.69) is 66.1 Å². The number of fused-ring (bicyclic) bond motifs is 1. The van der Waals surface area contributed by atoms with E-state index >= 15 is 0 Å². The van der Waals surface area contributed by atoms with Crippen molar-refractivity contribution in [3.05, 3.63) is 59.7 Å². The van der Waals surface area contributed by atoms with Crippen molar-refractivity contribution in [2.45, 2.75) is 57.5 Å². The zero-order chi connectivity index (χ0) is 17.1. The van der Waals surface area contributed by atoms with Crippen molar-refractivity contribution in [3.63, 3.8) is 0 Å². The molecule has 2 aliphatic rings. The number of aryl methyl sites for hydroxylation is 1. The highest BCUT2D eigenvalue weighted by molar-refractivity contribution is 6.09. The maximum atomic E-state index is 5.06. The molecule has 2 N–H and O–H groups in total. The molecule has 0 radical (unpaired) electrons. The molecule has 1 aliphatic heterocycles. The molecule has 1 aliphatic carbocycles. The molecule has 130 valence electrons.